The van der Waals surface area contributed by atoms with Crippen LogP contribution >= 0.6 is 22.7 Å². The Hall–Kier alpha value is -10.3. The number of thiophene rings is 2. The molecule has 0 radical (unpaired) electrons. The summed E-state index contributed by atoms with van der Waals surface area (Å²) in [6, 6.07) is 95.1. The van der Waals surface area contributed by atoms with Crippen LogP contribution < -0.4 is 21.0 Å². The van der Waals surface area contributed by atoms with Crippen LogP contribution in [-0.2, 0) is 0 Å². The van der Waals surface area contributed by atoms with Crippen molar-refractivity contribution in [2.45, 2.75) is 0 Å². The van der Waals surface area contributed by atoms with Gasteiger partial charge in [-0.2, -0.15) is 15.0 Å². The summed E-state index contributed by atoms with van der Waals surface area (Å²) in [5, 5.41) is 12.8. The molecule has 0 aliphatic rings. The van der Waals surface area contributed by atoms with Gasteiger partial charge in [-0.15, -0.1) is 22.7 Å². The Bertz CT molecular complexity index is 5300. The lowest BCUT2D eigenvalue weighted by atomic mass is 10.1. The predicted octanol–water partition coefficient (Wildman–Crippen LogP) is 15.4. The number of benzene rings is 11. The Morgan fingerprint density at radius 3 is 1.18 bits per heavy atom. The number of nitrogens with zero attached hydrogens (tertiary/aromatic N) is 8. The van der Waals surface area contributed by atoms with E-state index in [2.05, 4.69) is 234 Å². The van der Waals surface area contributed by atoms with Crippen molar-refractivity contribution in [2.75, 3.05) is 0 Å². The van der Waals surface area contributed by atoms with Crippen molar-refractivity contribution in [2.24, 2.45) is 0 Å². The fourth-order valence-electron chi connectivity index (χ4n) is 12.8. The summed E-state index contributed by atoms with van der Waals surface area (Å²) in [5.74, 6) is 2.89. The molecule has 0 unspecified atom stereocenters. The number of aromatic nitrogens is 8. The molecule has 0 aliphatic carbocycles. The van der Waals surface area contributed by atoms with Gasteiger partial charge in [0.25, 0.3) is 0 Å². The van der Waals surface area contributed by atoms with E-state index >= 15 is 0 Å². The van der Waals surface area contributed by atoms with Crippen molar-refractivity contribution in [3.05, 3.63) is 267 Å². The zero-order valence-electron chi connectivity index (χ0n) is 44.3. The monoisotopic (exact) mass is 1110 g/mol. The summed E-state index contributed by atoms with van der Waals surface area (Å²) in [4.78, 5) is 33.2. The highest BCUT2D eigenvalue weighted by molar-refractivity contribution is 7.26. The molecular formula is C72H44N8S2Si. The van der Waals surface area contributed by atoms with Crippen molar-refractivity contribution in [3.8, 4) is 46.1 Å². The van der Waals surface area contributed by atoms with Gasteiger partial charge in [0.05, 0.1) is 22.1 Å². The first-order valence-electron chi connectivity index (χ1n) is 27.7. The van der Waals surface area contributed by atoms with E-state index < -0.39 is 8.07 Å². The van der Waals surface area contributed by atoms with E-state index in [0.29, 0.717) is 29.4 Å². The predicted molar refractivity (Wildman–Crippen MR) is 348 cm³/mol. The van der Waals surface area contributed by atoms with Gasteiger partial charge in [0.2, 0.25) is 20.0 Å². The second kappa shape index (κ2) is 18.9. The minimum absolute atomic E-state index is 0.535. The van der Waals surface area contributed by atoms with E-state index in [1.807, 2.05) is 65.1 Å². The molecule has 0 spiro atoms. The molecule has 11 heteroatoms. The van der Waals surface area contributed by atoms with Crippen LogP contribution in [-0.4, -0.2) is 47.1 Å². The van der Waals surface area contributed by atoms with E-state index in [1.165, 1.54) is 45.7 Å². The second-order valence-corrected chi connectivity index (χ2v) is 26.8. The van der Waals surface area contributed by atoms with Gasteiger partial charge in [0, 0.05) is 78.6 Å². The maximum Gasteiger partial charge on any atom is 0.238 e. The van der Waals surface area contributed by atoms with Crippen molar-refractivity contribution >= 4 is 136 Å². The standard InChI is InChI=1S/C72H44N8S2Si/c1-6-22-45(23-7-1)67-73-68(46-24-8-2-9-25-46)75-70(74-67)80-56-39-38-50(44-54(56)64-58(80)41-43-62-66(64)53-34-18-21-37-60(53)82-62)83(48-28-12-4-13-29-48,49-30-14-5-15-31-49)72-77-69(47-26-10-3-11-27-47)76-71(78-72)79-55-35-19-16-32-51(55)63-57(79)40-42-61-65(63)52-33-17-20-36-59(52)81-61/h1-44H. The Balaban J connectivity index is 1.00. The fourth-order valence-corrected chi connectivity index (χ4v) is 19.4. The lowest BCUT2D eigenvalue weighted by molar-refractivity contribution is 0.953. The molecule has 17 aromatic rings. The minimum Gasteiger partial charge on any atom is -0.278 e. The van der Waals surface area contributed by atoms with Gasteiger partial charge in [-0.25, -0.2) is 15.0 Å². The molecule has 388 valence electrons. The van der Waals surface area contributed by atoms with E-state index in [0.717, 1.165) is 75.9 Å². The maximum absolute atomic E-state index is 5.96. The molecule has 0 saturated carbocycles. The first-order chi connectivity index (χ1) is 41.2. The van der Waals surface area contributed by atoms with Crippen LogP contribution in [0, 0.1) is 0 Å². The molecule has 0 aliphatic heterocycles. The number of hydrogen-bond acceptors (Lipinski definition) is 8. The smallest absolute Gasteiger partial charge is 0.238 e. The van der Waals surface area contributed by atoms with Gasteiger partial charge in [0.15, 0.2) is 17.5 Å². The van der Waals surface area contributed by atoms with E-state index in [4.69, 9.17) is 29.9 Å². The Morgan fingerprint density at radius 1 is 0.265 bits per heavy atom. The zero-order chi connectivity index (χ0) is 54.6. The third kappa shape index (κ3) is 7.35. The third-order valence-electron chi connectivity index (χ3n) is 16.4. The topological polar surface area (TPSA) is 87.2 Å². The number of hydrogen-bond donors (Lipinski definition) is 0. The normalized spacial score (nSPS) is 12.1. The van der Waals surface area contributed by atoms with Crippen molar-refractivity contribution in [1.29, 1.82) is 0 Å². The summed E-state index contributed by atoms with van der Waals surface area (Å²) >= 11 is 3.66. The molecule has 0 bridgehead atoms. The van der Waals surface area contributed by atoms with Crippen LogP contribution in [0.25, 0.3) is 130 Å². The molecule has 0 amide bonds. The van der Waals surface area contributed by atoms with Crippen LogP contribution in [0.5, 0.6) is 0 Å². The molecule has 0 fully saturated rings. The van der Waals surface area contributed by atoms with Crippen LogP contribution in [0.1, 0.15) is 0 Å². The van der Waals surface area contributed by atoms with Gasteiger partial charge < -0.3 is 0 Å². The van der Waals surface area contributed by atoms with Gasteiger partial charge in [0.1, 0.15) is 5.45 Å². The molecule has 0 atom stereocenters. The molecule has 11 aromatic carbocycles. The quantitative estimate of drug-likeness (QED) is 0.106. The molecule has 6 heterocycles. The lowest BCUT2D eigenvalue weighted by Gasteiger charge is -2.32. The third-order valence-corrected chi connectivity index (χ3v) is 23.1. The Labute approximate surface area is 484 Å². The SMILES string of the molecule is c1ccc(-c2nc(-c3ccccc3)nc(-n3c4ccc([Si](c5ccccc5)(c5ccccc5)c5nc(-c6ccccc6)nc(-n6c7ccccc7c7c8c(ccc76)sc6ccccc68)n5)cc4c4c5c(ccc43)sc3ccccc35)n2)cc1. The highest BCUT2D eigenvalue weighted by Gasteiger charge is 2.46. The van der Waals surface area contributed by atoms with E-state index in [9.17, 15) is 0 Å². The minimum atomic E-state index is -3.62. The van der Waals surface area contributed by atoms with Gasteiger partial charge in [-0.3, -0.25) is 9.13 Å². The van der Waals surface area contributed by atoms with Crippen molar-refractivity contribution in [3.63, 3.8) is 0 Å². The fraction of sp³-hybridized carbons (Fsp3) is 0. The summed E-state index contributed by atoms with van der Waals surface area (Å²) in [6.45, 7) is 0. The summed E-state index contributed by atoms with van der Waals surface area (Å²) in [7, 11) is -3.62. The number of fused-ring (bicyclic) bond motifs is 14. The first-order valence-corrected chi connectivity index (χ1v) is 31.3. The zero-order valence-corrected chi connectivity index (χ0v) is 46.9. The van der Waals surface area contributed by atoms with Gasteiger partial charge in [-0.05, 0) is 64.1 Å². The van der Waals surface area contributed by atoms with Crippen LogP contribution in [0.2, 0.25) is 0 Å². The largest absolute Gasteiger partial charge is 0.278 e. The lowest BCUT2D eigenvalue weighted by Crippen LogP contribution is -2.76. The van der Waals surface area contributed by atoms with Gasteiger partial charge >= 0.3 is 0 Å². The highest BCUT2D eigenvalue weighted by atomic mass is 32.1. The van der Waals surface area contributed by atoms with Crippen LogP contribution in [0.4, 0.5) is 0 Å². The summed E-state index contributed by atoms with van der Waals surface area (Å²) < 4.78 is 9.47. The average molecular weight is 1110 g/mol. The van der Waals surface area contributed by atoms with E-state index in [1.54, 1.807) is 0 Å². The molecule has 0 saturated heterocycles. The molecule has 0 N–H and O–H groups in total. The van der Waals surface area contributed by atoms with Gasteiger partial charge in [-0.1, -0.05) is 218 Å². The van der Waals surface area contributed by atoms with E-state index in [-0.39, 0.29) is 0 Å². The van der Waals surface area contributed by atoms with Crippen LogP contribution in [0.3, 0.4) is 0 Å². The summed E-state index contributed by atoms with van der Waals surface area (Å²) in [6.07, 6.45) is 0. The molecular weight excluding hydrogens is 1070 g/mol. The molecule has 6 aromatic heterocycles. The second-order valence-electron chi connectivity index (χ2n) is 20.9. The number of para-hydroxylation sites is 1. The molecule has 83 heavy (non-hydrogen) atoms. The summed E-state index contributed by atoms with van der Waals surface area (Å²) in [5.41, 5.74) is 7.47. The van der Waals surface area contributed by atoms with Crippen molar-refractivity contribution in [1.82, 2.24) is 39.0 Å². The highest BCUT2D eigenvalue weighted by Crippen LogP contribution is 2.45. The molecule has 17 rings (SSSR count). The van der Waals surface area contributed by atoms with Crippen LogP contribution in [0.15, 0.2) is 267 Å². The maximum atomic E-state index is 5.96. The van der Waals surface area contributed by atoms with Crippen molar-refractivity contribution < 1.29 is 0 Å². The first kappa shape index (κ1) is 47.5. The number of rotatable bonds is 9. The average Bonchev–Trinajstić information content (AvgIpc) is 1.94. The molecule has 8 nitrogen and oxygen atoms in total. The Morgan fingerprint density at radius 2 is 0.663 bits per heavy atom. The Kier molecular flexibility index (Phi) is 10.8.